The Kier molecular flexibility index (Phi) is 12.1. The van der Waals surface area contributed by atoms with Crippen LogP contribution in [0.3, 0.4) is 0 Å². The third-order valence-electron chi connectivity index (χ3n) is 5.44. The van der Waals surface area contributed by atoms with E-state index in [-0.39, 0.29) is 12.4 Å². The van der Waals surface area contributed by atoms with Crippen LogP contribution in [-0.2, 0) is 6.42 Å². The van der Waals surface area contributed by atoms with E-state index >= 15 is 0 Å². The number of halogens is 1. The average Bonchev–Trinajstić information content (AvgIpc) is 3.17. The summed E-state index contributed by atoms with van der Waals surface area (Å²) < 4.78 is 2.40. The molecule has 2 nitrogen and oxygen atoms in total. The molecule has 1 heterocycles. The van der Waals surface area contributed by atoms with Crippen molar-refractivity contribution in [3.63, 3.8) is 0 Å². The first-order valence-corrected chi connectivity index (χ1v) is 10.4. The summed E-state index contributed by atoms with van der Waals surface area (Å²) in [6.45, 7) is 4.71. The summed E-state index contributed by atoms with van der Waals surface area (Å²) in [6.07, 6.45) is 19.8. The van der Waals surface area contributed by atoms with E-state index in [9.17, 15) is 0 Å². The van der Waals surface area contributed by atoms with Gasteiger partial charge in [-0.05, 0) is 37.2 Å². The maximum absolute atomic E-state index is 3.23. The van der Waals surface area contributed by atoms with E-state index in [1.165, 1.54) is 69.8 Å². The van der Waals surface area contributed by atoms with Gasteiger partial charge in [-0.3, -0.25) is 4.98 Å². The highest BCUT2D eigenvalue weighted by molar-refractivity contribution is 5.14. The zero-order valence-corrected chi connectivity index (χ0v) is 17.4. The minimum atomic E-state index is 0. The van der Waals surface area contributed by atoms with Crippen molar-refractivity contribution in [2.45, 2.75) is 84.1 Å². The van der Waals surface area contributed by atoms with E-state index in [1.54, 1.807) is 0 Å². The number of nitrogens with zero attached hydrogens (tertiary/aromatic N) is 1. The van der Waals surface area contributed by atoms with Gasteiger partial charge in [0.2, 0.25) is 6.33 Å². The number of unbranched alkanes of at least 4 members (excludes halogenated alkanes) is 6. The first-order chi connectivity index (χ1) is 12.3. The molecule has 0 aliphatic rings. The zero-order valence-electron chi connectivity index (χ0n) is 16.7. The van der Waals surface area contributed by atoms with Crippen molar-refractivity contribution in [1.82, 2.24) is 4.98 Å². The van der Waals surface area contributed by atoms with Crippen molar-refractivity contribution in [3.05, 3.63) is 54.6 Å². The Hall–Kier alpha value is -1.28. The van der Waals surface area contributed by atoms with Crippen molar-refractivity contribution < 1.29 is 17.0 Å². The average molecular weight is 377 g/mol. The summed E-state index contributed by atoms with van der Waals surface area (Å²) in [5, 5.41) is 0. The van der Waals surface area contributed by atoms with Crippen LogP contribution >= 0.6 is 0 Å². The molecule has 2 atom stereocenters. The Morgan fingerprint density at radius 2 is 1.62 bits per heavy atom. The molecule has 26 heavy (non-hydrogen) atoms. The van der Waals surface area contributed by atoms with E-state index in [2.05, 4.69) is 66.3 Å². The van der Waals surface area contributed by atoms with Crippen molar-refractivity contribution in [2.24, 2.45) is 5.92 Å². The smallest absolute Gasteiger partial charge is 0.241 e. The molecule has 0 bridgehead atoms. The van der Waals surface area contributed by atoms with E-state index < -0.39 is 0 Å². The second-order valence-corrected chi connectivity index (χ2v) is 7.54. The Morgan fingerprint density at radius 1 is 0.923 bits per heavy atom. The van der Waals surface area contributed by atoms with Gasteiger partial charge in [-0.25, -0.2) is 4.57 Å². The highest BCUT2D eigenvalue weighted by Gasteiger charge is 2.22. The molecule has 2 unspecified atom stereocenters. The first kappa shape index (κ1) is 22.8. The first-order valence-electron chi connectivity index (χ1n) is 10.4. The molecule has 0 aliphatic heterocycles. The monoisotopic (exact) mass is 376 g/mol. The lowest BCUT2D eigenvalue weighted by Crippen LogP contribution is -3.00. The predicted molar refractivity (Wildman–Crippen MR) is 107 cm³/mol. The van der Waals surface area contributed by atoms with Gasteiger partial charge in [-0.2, -0.15) is 0 Å². The molecule has 1 aromatic heterocycles. The van der Waals surface area contributed by atoms with Crippen LogP contribution in [0.5, 0.6) is 0 Å². The maximum Gasteiger partial charge on any atom is 0.241 e. The fourth-order valence-electron chi connectivity index (χ4n) is 3.78. The molecular weight excluding hydrogens is 340 g/mol. The summed E-state index contributed by atoms with van der Waals surface area (Å²) in [6, 6.07) is 11.5. The van der Waals surface area contributed by atoms with Crippen LogP contribution in [0, 0.1) is 5.92 Å². The van der Waals surface area contributed by atoms with Crippen molar-refractivity contribution >= 4 is 0 Å². The van der Waals surface area contributed by atoms with Gasteiger partial charge in [0, 0.05) is 0 Å². The van der Waals surface area contributed by atoms with Crippen LogP contribution in [0.2, 0.25) is 0 Å². The molecule has 3 heteroatoms. The lowest BCUT2D eigenvalue weighted by Gasteiger charge is -2.21. The molecule has 1 N–H and O–H groups in total. The van der Waals surface area contributed by atoms with Crippen molar-refractivity contribution in [3.8, 4) is 0 Å². The largest absolute Gasteiger partial charge is 1.00 e. The van der Waals surface area contributed by atoms with E-state index in [1.807, 2.05) is 6.20 Å². The molecular formula is C23H37ClN2. The van der Waals surface area contributed by atoms with Gasteiger partial charge < -0.3 is 12.4 Å². The number of aromatic nitrogens is 2. The Bertz CT molecular complexity index is 539. The molecule has 0 aliphatic carbocycles. The molecule has 1 aromatic carbocycles. The van der Waals surface area contributed by atoms with Gasteiger partial charge in [0.15, 0.2) is 0 Å². The molecule has 146 valence electrons. The zero-order chi connectivity index (χ0) is 17.7. The van der Waals surface area contributed by atoms with E-state index in [0.29, 0.717) is 12.0 Å². The fourth-order valence-corrected chi connectivity index (χ4v) is 3.78. The number of nitrogens with one attached hydrogen (secondary N) is 1. The maximum atomic E-state index is 3.23. The van der Waals surface area contributed by atoms with Gasteiger partial charge in [-0.15, -0.1) is 0 Å². The van der Waals surface area contributed by atoms with Crippen LogP contribution in [0.1, 0.15) is 83.2 Å². The molecule has 0 radical (unpaired) electrons. The molecule has 0 saturated carbocycles. The number of H-pyrrole nitrogens is 1. The summed E-state index contributed by atoms with van der Waals surface area (Å²) in [5.41, 5.74) is 1.46. The summed E-state index contributed by atoms with van der Waals surface area (Å²) in [4.78, 5) is 3.23. The highest BCUT2D eigenvalue weighted by Crippen LogP contribution is 2.24. The third kappa shape index (κ3) is 8.40. The summed E-state index contributed by atoms with van der Waals surface area (Å²) in [7, 11) is 0. The molecule has 2 aromatic rings. The summed E-state index contributed by atoms with van der Waals surface area (Å²) >= 11 is 0. The predicted octanol–water partition coefficient (Wildman–Crippen LogP) is 3.26. The van der Waals surface area contributed by atoms with Crippen LogP contribution in [0.25, 0.3) is 0 Å². The van der Waals surface area contributed by atoms with E-state index in [0.717, 1.165) is 0 Å². The molecule has 0 fully saturated rings. The normalized spacial score (nSPS) is 13.2. The molecule has 0 spiro atoms. The number of aromatic amines is 1. The molecule has 0 amide bonds. The topological polar surface area (TPSA) is 19.7 Å². The number of benzene rings is 1. The van der Waals surface area contributed by atoms with Crippen molar-refractivity contribution in [2.75, 3.05) is 0 Å². The second-order valence-electron chi connectivity index (χ2n) is 7.54. The van der Waals surface area contributed by atoms with Gasteiger partial charge in [0.25, 0.3) is 0 Å². The van der Waals surface area contributed by atoms with E-state index in [4.69, 9.17) is 0 Å². The lowest BCUT2D eigenvalue weighted by molar-refractivity contribution is -0.729. The molecule has 0 saturated heterocycles. The number of rotatable bonds is 13. The SMILES string of the molecule is CCCCCCCCCC(C(C)CCc1ccccc1)[n+]1cc[nH]c1.[Cl-]. The lowest BCUT2D eigenvalue weighted by atomic mass is 9.90. The van der Waals surface area contributed by atoms with Gasteiger partial charge >= 0.3 is 0 Å². The highest BCUT2D eigenvalue weighted by atomic mass is 35.5. The Labute approximate surface area is 166 Å². The number of aryl methyl sites for hydroxylation is 1. The van der Waals surface area contributed by atoms with Crippen LogP contribution < -0.4 is 17.0 Å². The summed E-state index contributed by atoms with van der Waals surface area (Å²) in [5.74, 6) is 0.695. The second kappa shape index (κ2) is 13.9. The Morgan fingerprint density at radius 3 is 2.27 bits per heavy atom. The number of imidazole rings is 1. The van der Waals surface area contributed by atoms with Gasteiger partial charge in [0.05, 0.1) is 0 Å². The van der Waals surface area contributed by atoms with Crippen LogP contribution in [-0.4, -0.2) is 4.98 Å². The Balaban J connectivity index is 0.00000338. The minimum absolute atomic E-state index is 0. The van der Waals surface area contributed by atoms with Crippen LogP contribution in [0.15, 0.2) is 49.1 Å². The van der Waals surface area contributed by atoms with Crippen molar-refractivity contribution in [1.29, 1.82) is 0 Å². The third-order valence-corrected chi connectivity index (χ3v) is 5.44. The van der Waals surface area contributed by atoms with Gasteiger partial charge in [0.1, 0.15) is 18.4 Å². The molecule has 2 rings (SSSR count). The number of hydrogen-bond donors (Lipinski definition) is 1. The standard InChI is InChI=1S/C23H36N2.ClH/c1-3-4-5-6-7-8-12-15-23(25-19-18-24-20-25)21(2)16-17-22-13-10-9-11-14-22;/h9-11,13-14,18-21,23H,3-8,12,15-17H2,1-2H3;1H. The van der Waals surface area contributed by atoms with Gasteiger partial charge in [-0.1, -0.05) is 82.7 Å². The van der Waals surface area contributed by atoms with Crippen LogP contribution in [0.4, 0.5) is 0 Å². The fraction of sp³-hybridized carbons (Fsp3) is 0.609. The number of hydrogen-bond acceptors (Lipinski definition) is 0. The quantitative estimate of drug-likeness (QED) is 0.409. The minimum Gasteiger partial charge on any atom is -1.00 e.